The van der Waals surface area contributed by atoms with E-state index in [0.29, 0.717) is 0 Å². The van der Waals surface area contributed by atoms with Crippen LogP contribution in [0.15, 0.2) is 10.6 Å². The van der Waals surface area contributed by atoms with Gasteiger partial charge in [0.2, 0.25) is 0 Å². The smallest absolute Gasteiger partial charge is 0.150 e. The number of hydrogen-bond acceptors (Lipinski definition) is 3. The molecule has 0 fully saturated rings. The van der Waals surface area contributed by atoms with E-state index >= 15 is 0 Å². The van der Waals surface area contributed by atoms with Crippen molar-refractivity contribution in [2.75, 3.05) is 14.1 Å². The quantitative estimate of drug-likeness (QED) is 0.657. The maximum absolute atomic E-state index is 5.07. The Labute approximate surface area is 67.0 Å². The van der Waals surface area contributed by atoms with Gasteiger partial charge in [0.05, 0.1) is 12.2 Å². The molecule has 0 N–H and O–H groups in total. The summed E-state index contributed by atoms with van der Waals surface area (Å²) < 4.78 is 5.07. The average Bonchev–Trinajstić information content (AvgIpc) is 2.34. The number of rotatable bonds is 3. The van der Waals surface area contributed by atoms with Crippen molar-refractivity contribution in [2.45, 2.75) is 19.9 Å². The van der Waals surface area contributed by atoms with Gasteiger partial charge in [-0.2, -0.15) is 0 Å². The molecule has 3 nitrogen and oxygen atoms in total. The van der Waals surface area contributed by atoms with Crippen LogP contribution in [0, 0.1) is 0 Å². The highest BCUT2D eigenvalue weighted by Gasteiger charge is 2.02. The Morgan fingerprint density at radius 3 is 2.73 bits per heavy atom. The van der Waals surface area contributed by atoms with E-state index in [2.05, 4.69) is 17.0 Å². The lowest BCUT2D eigenvalue weighted by Crippen LogP contribution is -2.09. The molecule has 3 heteroatoms. The fourth-order valence-electron chi connectivity index (χ4n) is 0.909. The van der Waals surface area contributed by atoms with Gasteiger partial charge >= 0.3 is 0 Å². The van der Waals surface area contributed by atoms with Crippen LogP contribution in [0.1, 0.15) is 18.4 Å². The molecule has 1 aromatic heterocycles. The van der Waals surface area contributed by atoms with Gasteiger partial charge in [-0.15, -0.1) is 0 Å². The molecule has 0 amide bonds. The molecular formula is C8H14N2O. The molecule has 11 heavy (non-hydrogen) atoms. The Morgan fingerprint density at radius 2 is 2.27 bits per heavy atom. The minimum absolute atomic E-state index is 0.826. The van der Waals surface area contributed by atoms with Crippen molar-refractivity contribution in [1.82, 2.24) is 10.1 Å². The number of aryl methyl sites for hydroxylation is 1. The van der Waals surface area contributed by atoms with E-state index in [9.17, 15) is 0 Å². The third-order valence-electron chi connectivity index (χ3n) is 1.44. The zero-order valence-corrected chi connectivity index (χ0v) is 7.29. The zero-order valence-electron chi connectivity index (χ0n) is 7.29. The van der Waals surface area contributed by atoms with E-state index in [1.54, 1.807) is 0 Å². The lowest BCUT2D eigenvalue weighted by atomic mass is 10.3. The molecule has 0 aliphatic carbocycles. The Bertz CT molecular complexity index is 218. The highest BCUT2D eigenvalue weighted by Crippen LogP contribution is 2.05. The molecule has 1 heterocycles. The van der Waals surface area contributed by atoms with Crippen LogP contribution in [-0.2, 0) is 13.0 Å². The summed E-state index contributed by atoms with van der Waals surface area (Å²) in [5.41, 5.74) is 1.03. The van der Waals surface area contributed by atoms with E-state index < -0.39 is 0 Å². The first kappa shape index (κ1) is 8.27. The van der Waals surface area contributed by atoms with Crippen molar-refractivity contribution >= 4 is 0 Å². The van der Waals surface area contributed by atoms with E-state index in [1.807, 2.05) is 20.2 Å². The molecule has 0 saturated carbocycles. The van der Waals surface area contributed by atoms with Crippen molar-refractivity contribution in [3.63, 3.8) is 0 Å². The van der Waals surface area contributed by atoms with Crippen LogP contribution in [-0.4, -0.2) is 24.2 Å². The predicted octanol–water partition coefficient (Wildman–Crippen LogP) is 1.30. The first-order chi connectivity index (χ1) is 5.22. The number of aromatic nitrogens is 1. The van der Waals surface area contributed by atoms with Crippen molar-refractivity contribution in [1.29, 1.82) is 0 Å². The Kier molecular flexibility index (Phi) is 2.65. The SMILES string of the molecule is CCc1cc(CN(C)C)on1. The molecule has 0 bridgehead atoms. The summed E-state index contributed by atoms with van der Waals surface area (Å²) in [6.45, 7) is 2.89. The van der Waals surface area contributed by atoms with Gasteiger partial charge in [-0.25, -0.2) is 0 Å². The normalized spacial score (nSPS) is 10.9. The number of hydrogen-bond donors (Lipinski definition) is 0. The lowest BCUT2D eigenvalue weighted by Gasteiger charge is -2.03. The van der Waals surface area contributed by atoms with Gasteiger partial charge in [0, 0.05) is 6.07 Å². The van der Waals surface area contributed by atoms with Gasteiger partial charge in [0.25, 0.3) is 0 Å². The molecule has 0 atom stereocenters. The first-order valence-electron chi connectivity index (χ1n) is 3.81. The fraction of sp³-hybridized carbons (Fsp3) is 0.625. The molecule has 0 aliphatic rings. The summed E-state index contributed by atoms with van der Waals surface area (Å²) >= 11 is 0. The van der Waals surface area contributed by atoms with Crippen LogP contribution in [0.4, 0.5) is 0 Å². The van der Waals surface area contributed by atoms with Crippen molar-refractivity contribution in [3.05, 3.63) is 17.5 Å². The van der Waals surface area contributed by atoms with E-state index in [1.165, 1.54) is 0 Å². The average molecular weight is 154 g/mol. The predicted molar refractivity (Wildman–Crippen MR) is 43.3 cm³/mol. The third kappa shape index (κ3) is 2.35. The maximum Gasteiger partial charge on any atom is 0.150 e. The molecule has 1 rings (SSSR count). The minimum Gasteiger partial charge on any atom is -0.360 e. The van der Waals surface area contributed by atoms with Gasteiger partial charge in [0.15, 0.2) is 5.76 Å². The van der Waals surface area contributed by atoms with Gasteiger partial charge < -0.3 is 9.42 Å². The fourth-order valence-corrected chi connectivity index (χ4v) is 0.909. The molecule has 0 aliphatic heterocycles. The second-order valence-electron chi connectivity index (χ2n) is 2.88. The summed E-state index contributed by atoms with van der Waals surface area (Å²) in [6, 6.07) is 2.00. The highest BCUT2D eigenvalue weighted by molar-refractivity contribution is 5.04. The van der Waals surface area contributed by atoms with Gasteiger partial charge in [-0.1, -0.05) is 12.1 Å². The van der Waals surface area contributed by atoms with Crippen molar-refractivity contribution in [2.24, 2.45) is 0 Å². The lowest BCUT2D eigenvalue weighted by molar-refractivity contribution is 0.308. The molecule has 0 spiro atoms. The number of nitrogens with zero attached hydrogens (tertiary/aromatic N) is 2. The van der Waals surface area contributed by atoms with E-state index in [0.717, 1.165) is 24.4 Å². The van der Waals surface area contributed by atoms with E-state index in [4.69, 9.17) is 4.52 Å². The monoisotopic (exact) mass is 154 g/mol. The van der Waals surface area contributed by atoms with Crippen molar-refractivity contribution < 1.29 is 4.52 Å². The maximum atomic E-state index is 5.07. The summed E-state index contributed by atoms with van der Waals surface area (Å²) in [5, 5.41) is 3.89. The minimum atomic E-state index is 0.826. The van der Waals surface area contributed by atoms with Crippen LogP contribution in [0.25, 0.3) is 0 Å². The van der Waals surface area contributed by atoms with Crippen LogP contribution in [0.5, 0.6) is 0 Å². The largest absolute Gasteiger partial charge is 0.360 e. The molecule has 0 unspecified atom stereocenters. The molecule has 0 aromatic carbocycles. The van der Waals surface area contributed by atoms with E-state index in [-0.39, 0.29) is 0 Å². The summed E-state index contributed by atoms with van der Waals surface area (Å²) in [7, 11) is 4.02. The topological polar surface area (TPSA) is 29.3 Å². The molecule has 0 saturated heterocycles. The second kappa shape index (κ2) is 3.53. The molecule has 1 aromatic rings. The van der Waals surface area contributed by atoms with Gasteiger partial charge in [-0.3, -0.25) is 0 Å². The molecule has 62 valence electrons. The van der Waals surface area contributed by atoms with Crippen LogP contribution in [0.3, 0.4) is 0 Å². The summed E-state index contributed by atoms with van der Waals surface area (Å²) in [5.74, 6) is 0.937. The van der Waals surface area contributed by atoms with Gasteiger partial charge in [-0.05, 0) is 20.5 Å². The standard InChI is InChI=1S/C8H14N2O/c1-4-7-5-8(11-9-7)6-10(2)3/h5H,4,6H2,1-3H3. The molecular weight excluding hydrogens is 140 g/mol. The van der Waals surface area contributed by atoms with Gasteiger partial charge in [0.1, 0.15) is 0 Å². The second-order valence-corrected chi connectivity index (χ2v) is 2.88. The summed E-state index contributed by atoms with van der Waals surface area (Å²) in [4.78, 5) is 2.06. The van der Waals surface area contributed by atoms with Crippen LogP contribution >= 0.6 is 0 Å². The molecule has 0 radical (unpaired) electrons. The first-order valence-corrected chi connectivity index (χ1v) is 3.81. The van der Waals surface area contributed by atoms with Crippen molar-refractivity contribution in [3.8, 4) is 0 Å². The Hall–Kier alpha value is -0.830. The van der Waals surface area contributed by atoms with Crippen LogP contribution in [0.2, 0.25) is 0 Å². The summed E-state index contributed by atoms with van der Waals surface area (Å²) in [6.07, 6.45) is 0.941. The highest BCUT2D eigenvalue weighted by atomic mass is 16.5. The Morgan fingerprint density at radius 1 is 1.55 bits per heavy atom. The third-order valence-corrected chi connectivity index (χ3v) is 1.44. The van der Waals surface area contributed by atoms with Crippen LogP contribution < -0.4 is 0 Å². The zero-order chi connectivity index (χ0) is 8.27. The Balaban J connectivity index is 2.58.